The van der Waals surface area contributed by atoms with E-state index < -0.39 is 0 Å². The highest BCUT2D eigenvalue weighted by Crippen LogP contribution is 2.45. The number of allylic oxidation sites excluding steroid dienone is 2. The summed E-state index contributed by atoms with van der Waals surface area (Å²) in [7, 11) is 3.45. The van der Waals surface area contributed by atoms with Crippen molar-refractivity contribution in [2.24, 2.45) is 5.92 Å². The van der Waals surface area contributed by atoms with Crippen LogP contribution in [0, 0.1) is 5.92 Å². The number of piperidine rings is 1. The van der Waals surface area contributed by atoms with Gasteiger partial charge in [0.25, 0.3) is 0 Å². The molecule has 1 aliphatic heterocycles. The Morgan fingerprint density at radius 3 is 2.43 bits per heavy atom. The Balaban J connectivity index is 2.05. The lowest BCUT2D eigenvalue weighted by molar-refractivity contribution is 0.353. The van der Waals surface area contributed by atoms with Crippen molar-refractivity contribution in [3.8, 4) is 11.5 Å². The van der Waals surface area contributed by atoms with E-state index in [-0.39, 0.29) is 0 Å². The minimum Gasteiger partial charge on any atom is -0.493 e. The molecule has 1 N–H and O–H groups in total. The highest BCUT2D eigenvalue weighted by molar-refractivity contribution is 5.77. The molecule has 1 saturated carbocycles. The summed E-state index contributed by atoms with van der Waals surface area (Å²) in [5, 5.41) is 3.47. The minimum absolute atomic E-state index is 0.655. The predicted molar refractivity (Wildman–Crippen MR) is 85.9 cm³/mol. The third-order valence-corrected chi connectivity index (χ3v) is 4.78. The molecule has 3 nitrogen and oxygen atoms in total. The fraction of sp³-hybridized carbons (Fsp3) is 0.556. The van der Waals surface area contributed by atoms with Crippen LogP contribution in [0.15, 0.2) is 23.8 Å². The Morgan fingerprint density at radius 2 is 1.86 bits per heavy atom. The summed E-state index contributed by atoms with van der Waals surface area (Å²) in [5.74, 6) is 2.39. The summed E-state index contributed by atoms with van der Waals surface area (Å²) >= 11 is 0. The molecule has 0 radical (unpaired) electrons. The molecular formula is C18H25NO2. The third-order valence-electron chi connectivity index (χ3n) is 4.78. The van der Waals surface area contributed by atoms with E-state index in [9.17, 15) is 0 Å². The van der Waals surface area contributed by atoms with E-state index in [4.69, 9.17) is 9.47 Å². The molecule has 21 heavy (non-hydrogen) atoms. The quantitative estimate of drug-likeness (QED) is 0.917. The third kappa shape index (κ3) is 2.80. The van der Waals surface area contributed by atoms with Crippen LogP contribution in [-0.4, -0.2) is 27.3 Å². The van der Waals surface area contributed by atoms with Crippen LogP contribution in [-0.2, 0) is 0 Å². The van der Waals surface area contributed by atoms with E-state index in [1.54, 1.807) is 25.4 Å². The number of ether oxygens (including phenoxy) is 2. The average Bonchev–Trinajstić information content (AvgIpc) is 2.50. The van der Waals surface area contributed by atoms with Gasteiger partial charge in [0.1, 0.15) is 0 Å². The summed E-state index contributed by atoms with van der Waals surface area (Å²) in [6, 6.07) is 6.26. The maximum absolute atomic E-state index is 5.68. The largest absolute Gasteiger partial charge is 0.493 e. The molecule has 3 rings (SSSR count). The van der Waals surface area contributed by atoms with E-state index in [1.807, 2.05) is 6.07 Å². The molecule has 1 heterocycles. The van der Waals surface area contributed by atoms with Gasteiger partial charge in [-0.1, -0.05) is 17.7 Å². The van der Waals surface area contributed by atoms with Crippen molar-refractivity contribution in [2.75, 3.05) is 27.3 Å². The first-order valence-electron chi connectivity index (χ1n) is 7.99. The second-order valence-corrected chi connectivity index (χ2v) is 5.94. The molecule has 0 unspecified atom stereocenters. The zero-order chi connectivity index (χ0) is 14.7. The lowest BCUT2D eigenvalue weighted by Gasteiger charge is -2.32. The molecule has 0 bridgehead atoms. The Morgan fingerprint density at radius 1 is 1.10 bits per heavy atom. The van der Waals surface area contributed by atoms with E-state index in [1.165, 1.54) is 37.7 Å². The first-order valence-corrected chi connectivity index (χ1v) is 7.99. The molecular weight excluding hydrogens is 262 g/mol. The number of hydrogen-bond donors (Lipinski definition) is 1. The first-order chi connectivity index (χ1) is 10.3. The Kier molecular flexibility index (Phi) is 4.49. The number of para-hydroxylation sites is 1. The standard InChI is InChI=1S/C18H25NO2/c1-20-16-8-4-7-15(18(16)21-2)17(13-5-3-6-13)14-9-11-19-12-10-14/h4,7-8,14,19H,3,5-6,9-12H2,1-2H3. The molecule has 1 saturated heterocycles. The van der Waals surface area contributed by atoms with Gasteiger partial charge in [-0.25, -0.2) is 0 Å². The van der Waals surface area contributed by atoms with Gasteiger partial charge < -0.3 is 14.8 Å². The van der Waals surface area contributed by atoms with Crippen molar-refractivity contribution in [3.05, 3.63) is 29.3 Å². The molecule has 0 atom stereocenters. The highest BCUT2D eigenvalue weighted by Gasteiger charge is 2.27. The van der Waals surface area contributed by atoms with Crippen LogP contribution < -0.4 is 14.8 Å². The smallest absolute Gasteiger partial charge is 0.168 e. The van der Waals surface area contributed by atoms with E-state index in [0.717, 1.165) is 24.6 Å². The number of hydrogen-bond acceptors (Lipinski definition) is 3. The van der Waals surface area contributed by atoms with Crippen molar-refractivity contribution >= 4 is 5.57 Å². The van der Waals surface area contributed by atoms with Gasteiger partial charge in [0, 0.05) is 5.56 Å². The molecule has 2 aliphatic rings. The van der Waals surface area contributed by atoms with Gasteiger partial charge >= 0.3 is 0 Å². The van der Waals surface area contributed by atoms with E-state index in [0.29, 0.717) is 5.92 Å². The predicted octanol–water partition coefficient (Wildman–Crippen LogP) is 3.64. The van der Waals surface area contributed by atoms with E-state index >= 15 is 0 Å². The van der Waals surface area contributed by atoms with Crippen LogP contribution >= 0.6 is 0 Å². The second kappa shape index (κ2) is 6.52. The zero-order valence-electron chi connectivity index (χ0n) is 13.1. The van der Waals surface area contributed by atoms with Gasteiger partial charge in [0.15, 0.2) is 11.5 Å². The topological polar surface area (TPSA) is 30.5 Å². The van der Waals surface area contributed by atoms with Crippen LogP contribution in [0.5, 0.6) is 11.5 Å². The van der Waals surface area contributed by atoms with Crippen LogP contribution in [0.4, 0.5) is 0 Å². The van der Waals surface area contributed by atoms with Crippen LogP contribution in [0.25, 0.3) is 5.57 Å². The number of benzene rings is 1. The molecule has 1 aromatic carbocycles. The van der Waals surface area contributed by atoms with Gasteiger partial charge in [-0.3, -0.25) is 0 Å². The summed E-state index contributed by atoms with van der Waals surface area (Å²) in [5.41, 5.74) is 4.42. The number of methoxy groups -OCH3 is 2. The zero-order valence-corrected chi connectivity index (χ0v) is 13.1. The molecule has 0 spiro atoms. The summed E-state index contributed by atoms with van der Waals surface area (Å²) in [6.45, 7) is 2.24. The molecule has 2 fully saturated rings. The first kappa shape index (κ1) is 14.5. The Bertz CT molecular complexity index is 524. The van der Waals surface area contributed by atoms with Crippen molar-refractivity contribution in [2.45, 2.75) is 32.1 Å². The summed E-state index contributed by atoms with van der Waals surface area (Å²) in [4.78, 5) is 0. The van der Waals surface area contributed by atoms with Crippen LogP contribution in [0.3, 0.4) is 0 Å². The lowest BCUT2D eigenvalue weighted by atomic mass is 9.76. The summed E-state index contributed by atoms with van der Waals surface area (Å²) < 4.78 is 11.2. The van der Waals surface area contributed by atoms with Gasteiger partial charge in [-0.2, -0.15) is 0 Å². The SMILES string of the molecule is COc1cccc(C(=C2CCC2)C2CCNCC2)c1OC. The fourth-order valence-corrected chi connectivity index (χ4v) is 3.53. The highest BCUT2D eigenvalue weighted by atomic mass is 16.5. The maximum Gasteiger partial charge on any atom is 0.168 e. The van der Waals surface area contributed by atoms with Crippen molar-refractivity contribution in [3.63, 3.8) is 0 Å². The monoisotopic (exact) mass is 287 g/mol. The molecule has 1 aliphatic carbocycles. The minimum atomic E-state index is 0.655. The van der Waals surface area contributed by atoms with Gasteiger partial charge in [-0.05, 0) is 62.8 Å². The van der Waals surface area contributed by atoms with Crippen LogP contribution in [0.2, 0.25) is 0 Å². The van der Waals surface area contributed by atoms with Gasteiger partial charge in [0.05, 0.1) is 14.2 Å². The summed E-state index contributed by atoms with van der Waals surface area (Å²) in [6.07, 6.45) is 6.27. The van der Waals surface area contributed by atoms with Gasteiger partial charge in [0.2, 0.25) is 0 Å². The van der Waals surface area contributed by atoms with Crippen molar-refractivity contribution in [1.29, 1.82) is 0 Å². The number of rotatable bonds is 4. The second-order valence-electron chi connectivity index (χ2n) is 5.94. The number of nitrogens with one attached hydrogen (secondary N) is 1. The lowest BCUT2D eigenvalue weighted by Crippen LogP contribution is -2.29. The van der Waals surface area contributed by atoms with Crippen molar-refractivity contribution in [1.82, 2.24) is 5.32 Å². The average molecular weight is 287 g/mol. The van der Waals surface area contributed by atoms with Gasteiger partial charge in [-0.15, -0.1) is 0 Å². The molecule has 0 amide bonds. The van der Waals surface area contributed by atoms with E-state index in [2.05, 4.69) is 17.4 Å². The van der Waals surface area contributed by atoms with Crippen LogP contribution in [0.1, 0.15) is 37.7 Å². The Labute approximate surface area is 127 Å². The molecule has 0 aromatic heterocycles. The fourth-order valence-electron chi connectivity index (χ4n) is 3.53. The molecule has 3 heteroatoms. The molecule has 1 aromatic rings. The van der Waals surface area contributed by atoms with Crippen molar-refractivity contribution < 1.29 is 9.47 Å². The normalized spacial score (nSPS) is 19.0. The molecule has 114 valence electrons. The maximum atomic E-state index is 5.68. The Hall–Kier alpha value is -1.48.